The number of hydrogen-bond acceptors (Lipinski definition) is 3. The molecule has 2 atom stereocenters. The fourth-order valence-electron chi connectivity index (χ4n) is 4.81. The summed E-state index contributed by atoms with van der Waals surface area (Å²) in [5, 5.41) is 17.0. The number of aliphatic hydroxyl groups excluding tert-OH is 1. The third-order valence-corrected chi connectivity index (χ3v) is 6.41. The van der Waals surface area contributed by atoms with Gasteiger partial charge in [-0.1, -0.05) is 25.7 Å². The Morgan fingerprint density at radius 3 is 2.40 bits per heavy atom. The number of likely N-dealkylation sites (tertiary alicyclic amines) is 1. The molecule has 2 unspecified atom stereocenters. The van der Waals surface area contributed by atoms with Crippen LogP contribution in [-0.2, 0) is 0 Å². The van der Waals surface area contributed by atoms with Gasteiger partial charge in [0.1, 0.15) is 0 Å². The first-order valence-corrected chi connectivity index (χ1v) is 10.7. The SMILES string of the molecule is CCNC(=NCC1CCCC1O)NC1CCN(C2CCCCC2)CC1. The van der Waals surface area contributed by atoms with E-state index in [2.05, 4.69) is 22.5 Å². The van der Waals surface area contributed by atoms with Crippen LogP contribution in [-0.4, -0.2) is 60.3 Å². The van der Waals surface area contributed by atoms with Crippen molar-refractivity contribution in [3.63, 3.8) is 0 Å². The summed E-state index contributed by atoms with van der Waals surface area (Å²) in [4.78, 5) is 7.50. The minimum absolute atomic E-state index is 0.148. The summed E-state index contributed by atoms with van der Waals surface area (Å²) in [5.41, 5.74) is 0. The van der Waals surface area contributed by atoms with E-state index in [0.29, 0.717) is 12.0 Å². The van der Waals surface area contributed by atoms with Crippen LogP contribution in [0.5, 0.6) is 0 Å². The number of nitrogens with one attached hydrogen (secondary N) is 2. The van der Waals surface area contributed by atoms with E-state index >= 15 is 0 Å². The van der Waals surface area contributed by atoms with Crippen molar-refractivity contribution in [2.45, 2.75) is 89.3 Å². The first-order chi connectivity index (χ1) is 12.3. The van der Waals surface area contributed by atoms with Gasteiger partial charge >= 0.3 is 0 Å². The first kappa shape index (κ1) is 19.0. The zero-order valence-electron chi connectivity index (χ0n) is 16.1. The number of rotatable bonds is 5. The van der Waals surface area contributed by atoms with Crippen LogP contribution >= 0.6 is 0 Å². The summed E-state index contributed by atoms with van der Waals surface area (Å²) >= 11 is 0. The van der Waals surface area contributed by atoms with Crippen molar-refractivity contribution in [1.29, 1.82) is 0 Å². The van der Waals surface area contributed by atoms with Crippen molar-refractivity contribution < 1.29 is 5.11 Å². The highest BCUT2D eigenvalue weighted by Gasteiger charge is 2.27. The maximum Gasteiger partial charge on any atom is 0.191 e. The fourth-order valence-corrected chi connectivity index (χ4v) is 4.81. The zero-order valence-corrected chi connectivity index (χ0v) is 16.1. The van der Waals surface area contributed by atoms with E-state index in [4.69, 9.17) is 4.99 Å². The molecule has 3 aliphatic rings. The molecule has 1 heterocycles. The molecule has 5 nitrogen and oxygen atoms in total. The molecular weight excluding hydrogens is 312 g/mol. The van der Waals surface area contributed by atoms with Gasteiger partial charge in [0.25, 0.3) is 0 Å². The van der Waals surface area contributed by atoms with Gasteiger partial charge in [0, 0.05) is 44.2 Å². The summed E-state index contributed by atoms with van der Waals surface area (Å²) in [7, 11) is 0. The van der Waals surface area contributed by atoms with Crippen LogP contribution in [0.1, 0.15) is 71.1 Å². The highest BCUT2D eigenvalue weighted by atomic mass is 16.3. The molecule has 25 heavy (non-hydrogen) atoms. The molecule has 1 aliphatic heterocycles. The van der Waals surface area contributed by atoms with Crippen molar-refractivity contribution in [3.05, 3.63) is 0 Å². The molecule has 0 amide bonds. The van der Waals surface area contributed by atoms with Gasteiger partial charge in [0.05, 0.1) is 6.10 Å². The van der Waals surface area contributed by atoms with E-state index in [0.717, 1.165) is 44.4 Å². The molecule has 3 N–H and O–H groups in total. The molecular formula is C20H38N4O. The van der Waals surface area contributed by atoms with E-state index < -0.39 is 0 Å². The van der Waals surface area contributed by atoms with Gasteiger partial charge in [-0.05, 0) is 45.4 Å². The Hall–Kier alpha value is -0.810. The second-order valence-corrected chi connectivity index (χ2v) is 8.22. The van der Waals surface area contributed by atoms with Crippen molar-refractivity contribution in [2.75, 3.05) is 26.2 Å². The molecule has 0 aromatic heterocycles. The molecule has 0 radical (unpaired) electrons. The molecule has 2 aliphatic carbocycles. The molecule has 0 bridgehead atoms. The van der Waals surface area contributed by atoms with Gasteiger partial charge in [-0.15, -0.1) is 0 Å². The van der Waals surface area contributed by atoms with Crippen molar-refractivity contribution in [2.24, 2.45) is 10.9 Å². The van der Waals surface area contributed by atoms with Gasteiger partial charge in [0.2, 0.25) is 0 Å². The maximum absolute atomic E-state index is 9.99. The predicted molar refractivity (Wildman–Crippen MR) is 104 cm³/mol. The lowest BCUT2D eigenvalue weighted by molar-refractivity contribution is 0.119. The minimum atomic E-state index is -0.148. The van der Waals surface area contributed by atoms with Crippen molar-refractivity contribution in [1.82, 2.24) is 15.5 Å². The van der Waals surface area contributed by atoms with Crippen LogP contribution in [0.3, 0.4) is 0 Å². The molecule has 3 rings (SSSR count). The van der Waals surface area contributed by atoms with E-state index in [1.807, 2.05) is 0 Å². The molecule has 2 saturated carbocycles. The topological polar surface area (TPSA) is 59.9 Å². The lowest BCUT2D eigenvalue weighted by atomic mass is 9.92. The molecule has 5 heteroatoms. The Morgan fingerprint density at radius 2 is 1.76 bits per heavy atom. The molecule has 0 aromatic carbocycles. The van der Waals surface area contributed by atoms with Crippen molar-refractivity contribution in [3.8, 4) is 0 Å². The smallest absolute Gasteiger partial charge is 0.191 e. The van der Waals surface area contributed by atoms with Gasteiger partial charge in [-0.2, -0.15) is 0 Å². The van der Waals surface area contributed by atoms with Crippen LogP contribution < -0.4 is 10.6 Å². The molecule has 0 spiro atoms. The average molecular weight is 351 g/mol. The third kappa shape index (κ3) is 5.58. The summed E-state index contributed by atoms with van der Waals surface area (Å²) in [6.07, 6.45) is 12.6. The van der Waals surface area contributed by atoms with Crippen LogP contribution in [0, 0.1) is 5.92 Å². The number of guanidine groups is 1. The van der Waals surface area contributed by atoms with E-state index in [1.165, 1.54) is 58.0 Å². The van der Waals surface area contributed by atoms with E-state index in [1.54, 1.807) is 0 Å². The first-order valence-electron chi connectivity index (χ1n) is 10.7. The van der Waals surface area contributed by atoms with Crippen LogP contribution in [0.25, 0.3) is 0 Å². The third-order valence-electron chi connectivity index (χ3n) is 6.41. The lowest BCUT2D eigenvalue weighted by Gasteiger charge is -2.39. The van der Waals surface area contributed by atoms with Crippen LogP contribution in [0.4, 0.5) is 0 Å². The van der Waals surface area contributed by atoms with E-state index in [-0.39, 0.29) is 6.10 Å². The monoisotopic (exact) mass is 350 g/mol. The maximum atomic E-state index is 9.99. The lowest BCUT2D eigenvalue weighted by Crippen LogP contribution is -2.51. The fraction of sp³-hybridized carbons (Fsp3) is 0.950. The molecule has 0 aromatic rings. The predicted octanol–water partition coefficient (Wildman–Crippen LogP) is 2.50. The normalized spacial score (nSPS) is 30.6. The number of piperidine rings is 1. The number of hydrogen-bond donors (Lipinski definition) is 3. The highest BCUT2D eigenvalue weighted by molar-refractivity contribution is 5.80. The number of aliphatic imine (C=N–C) groups is 1. The zero-order chi connectivity index (χ0) is 17.5. The van der Waals surface area contributed by atoms with Gasteiger partial charge < -0.3 is 20.6 Å². The molecule has 3 fully saturated rings. The second-order valence-electron chi connectivity index (χ2n) is 8.22. The van der Waals surface area contributed by atoms with Gasteiger partial charge in [0.15, 0.2) is 5.96 Å². The summed E-state index contributed by atoms with van der Waals surface area (Å²) in [6.45, 7) is 6.21. The Labute approximate surface area is 153 Å². The van der Waals surface area contributed by atoms with Crippen LogP contribution in [0.2, 0.25) is 0 Å². The van der Waals surface area contributed by atoms with Crippen LogP contribution in [0.15, 0.2) is 4.99 Å². The number of aliphatic hydroxyl groups is 1. The second kappa shape index (κ2) is 9.77. The Kier molecular flexibility index (Phi) is 7.41. The average Bonchev–Trinajstić information content (AvgIpc) is 3.06. The van der Waals surface area contributed by atoms with Gasteiger partial charge in [-0.25, -0.2) is 0 Å². The standard InChI is InChI=1S/C20H38N4O/c1-2-21-20(22-15-16-7-6-10-19(16)25)23-17-11-13-24(14-12-17)18-8-4-3-5-9-18/h16-19,25H,2-15H2,1H3,(H2,21,22,23). The quantitative estimate of drug-likeness (QED) is 0.527. The summed E-state index contributed by atoms with van der Waals surface area (Å²) in [6, 6.07) is 1.38. The van der Waals surface area contributed by atoms with Gasteiger partial charge in [-0.3, -0.25) is 4.99 Å². The number of nitrogens with zero attached hydrogens (tertiary/aromatic N) is 2. The summed E-state index contributed by atoms with van der Waals surface area (Å²) in [5.74, 6) is 1.29. The Balaban J connectivity index is 1.44. The van der Waals surface area contributed by atoms with Crippen molar-refractivity contribution >= 4 is 5.96 Å². The summed E-state index contributed by atoms with van der Waals surface area (Å²) < 4.78 is 0. The molecule has 1 saturated heterocycles. The molecule has 144 valence electrons. The van der Waals surface area contributed by atoms with E-state index in [9.17, 15) is 5.11 Å². The Bertz CT molecular complexity index is 414. The Morgan fingerprint density at radius 1 is 1.00 bits per heavy atom. The largest absolute Gasteiger partial charge is 0.393 e. The minimum Gasteiger partial charge on any atom is -0.393 e. The highest BCUT2D eigenvalue weighted by Crippen LogP contribution is 2.26.